The summed E-state index contributed by atoms with van der Waals surface area (Å²) < 4.78 is 46.5. The average Bonchev–Trinajstić information content (AvgIpc) is 2.82. The van der Waals surface area contributed by atoms with Crippen molar-refractivity contribution in [2.24, 2.45) is 11.8 Å². The molecule has 0 unspecified atom stereocenters. The summed E-state index contributed by atoms with van der Waals surface area (Å²) in [5, 5.41) is 6.77. The van der Waals surface area contributed by atoms with Crippen molar-refractivity contribution in [1.82, 2.24) is 15.3 Å². The smallest absolute Gasteiger partial charge is 0.381 e. The van der Waals surface area contributed by atoms with Crippen LogP contribution in [0.25, 0.3) is 0 Å². The number of nitrogens with one attached hydrogen (secondary N) is 2. The van der Waals surface area contributed by atoms with Crippen LogP contribution in [0.2, 0.25) is 5.02 Å². The molecule has 0 spiro atoms. The first-order chi connectivity index (χ1) is 17.0. The molecule has 36 heavy (non-hydrogen) atoms. The van der Waals surface area contributed by atoms with Gasteiger partial charge in [0.25, 0.3) is 0 Å². The maximum Gasteiger partial charge on any atom is 0.433 e. The van der Waals surface area contributed by atoms with Crippen molar-refractivity contribution in [3.8, 4) is 0 Å². The first-order valence-electron chi connectivity index (χ1n) is 12.1. The van der Waals surface area contributed by atoms with Crippen LogP contribution in [-0.4, -0.2) is 47.9 Å². The van der Waals surface area contributed by atoms with Crippen molar-refractivity contribution >= 4 is 40.7 Å². The van der Waals surface area contributed by atoms with Gasteiger partial charge in [-0.1, -0.05) is 37.6 Å². The van der Waals surface area contributed by atoms with E-state index in [2.05, 4.69) is 34.4 Å². The maximum absolute atomic E-state index is 13.7. The zero-order valence-electron chi connectivity index (χ0n) is 20.4. The second-order valence-electron chi connectivity index (χ2n) is 9.99. The zero-order valence-corrected chi connectivity index (χ0v) is 21.9. The van der Waals surface area contributed by atoms with Crippen molar-refractivity contribution in [3.05, 3.63) is 46.6 Å². The van der Waals surface area contributed by atoms with E-state index in [-0.39, 0.29) is 22.3 Å². The number of rotatable bonds is 5. The van der Waals surface area contributed by atoms with Gasteiger partial charge in [-0.25, -0.2) is 4.98 Å². The van der Waals surface area contributed by atoms with Crippen LogP contribution in [0, 0.1) is 11.8 Å². The molecule has 2 N–H and O–H groups in total. The minimum absolute atomic E-state index is 0.161. The fraction of sp³-hybridized carbons (Fsp3) is 0.560. The summed E-state index contributed by atoms with van der Waals surface area (Å²) in [6.07, 6.45) is -2.04. The quantitative estimate of drug-likeness (QED) is 0.473. The molecule has 2 aliphatic rings. The van der Waals surface area contributed by atoms with E-state index < -0.39 is 11.9 Å². The molecule has 6 nitrogen and oxygen atoms in total. The molecule has 2 atom stereocenters. The van der Waals surface area contributed by atoms with Gasteiger partial charge in [-0.3, -0.25) is 0 Å². The van der Waals surface area contributed by atoms with Crippen molar-refractivity contribution in [1.29, 1.82) is 0 Å². The standard InChI is InChI=1S/C25H31ClF3N5OS/c1-16-10-17(2)14-34(13-16)21-12-20(25(27,28)29)31-22(32-21)33-23(36)30-15-24(6-8-35-9-7-24)18-4-3-5-19(26)11-18/h3-5,11-12,16-17H,6-10,13-15H2,1-2H3,(H2,30,31,32,33,36)/t16-,17-/m1/s1. The van der Waals surface area contributed by atoms with E-state index in [1.165, 1.54) is 0 Å². The van der Waals surface area contributed by atoms with Gasteiger partial charge in [0.1, 0.15) is 5.82 Å². The third-order valence-corrected chi connectivity index (χ3v) is 7.38. The minimum atomic E-state index is -4.60. The van der Waals surface area contributed by atoms with Crippen LogP contribution in [0.4, 0.5) is 24.9 Å². The second-order valence-corrected chi connectivity index (χ2v) is 10.8. The third-order valence-electron chi connectivity index (χ3n) is 6.90. The van der Waals surface area contributed by atoms with Crippen LogP contribution in [0.1, 0.15) is 44.4 Å². The molecule has 2 aliphatic heterocycles. The van der Waals surface area contributed by atoms with Crippen molar-refractivity contribution in [2.75, 3.05) is 43.1 Å². The Hall–Kier alpha value is -2.17. The van der Waals surface area contributed by atoms with Crippen molar-refractivity contribution < 1.29 is 17.9 Å². The number of anilines is 2. The SMILES string of the molecule is C[C@@H]1C[C@@H](C)CN(c2cc(C(F)(F)F)nc(NC(=S)NCC3(c4cccc(Cl)c4)CCOCC3)n2)C1. The van der Waals surface area contributed by atoms with Crippen molar-refractivity contribution in [2.45, 2.75) is 44.7 Å². The van der Waals surface area contributed by atoms with Crippen LogP contribution in [0.5, 0.6) is 0 Å². The van der Waals surface area contributed by atoms with Crippen molar-refractivity contribution in [3.63, 3.8) is 0 Å². The van der Waals surface area contributed by atoms with Gasteiger partial charge in [0, 0.05) is 49.4 Å². The van der Waals surface area contributed by atoms with E-state index in [1.54, 1.807) is 0 Å². The fourth-order valence-corrected chi connectivity index (χ4v) is 5.54. The fourth-order valence-electron chi connectivity index (χ4n) is 5.19. The van der Waals surface area contributed by atoms with E-state index in [0.717, 1.165) is 30.9 Å². The molecule has 1 aromatic heterocycles. The highest BCUT2D eigenvalue weighted by atomic mass is 35.5. The van der Waals surface area contributed by atoms with Gasteiger partial charge in [0.15, 0.2) is 10.8 Å². The first-order valence-corrected chi connectivity index (χ1v) is 12.9. The summed E-state index contributed by atoms with van der Waals surface area (Å²) in [5.74, 6) is 0.798. The van der Waals surface area contributed by atoms with Gasteiger partial charge in [-0.2, -0.15) is 18.2 Å². The lowest BCUT2D eigenvalue weighted by Crippen LogP contribution is -2.45. The first kappa shape index (κ1) is 26.9. The topological polar surface area (TPSA) is 62.3 Å². The Kier molecular flexibility index (Phi) is 8.26. The molecule has 2 saturated heterocycles. The molecule has 0 bridgehead atoms. The highest BCUT2D eigenvalue weighted by molar-refractivity contribution is 7.80. The highest BCUT2D eigenvalue weighted by Crippen LogP contribution is 2.36. The summed E-state index contributed by atoms with van der Waals surface area (Å²) >= 11 is 11.7. The van der Waals surface area contributed by atoms with E-state index in [9.17, 15) is 13.2 Å². The predicted molar refractivity (Wildman–Crippen MR) is 140 cm³/mol. The largest absolute Gasteiger partial charge is 0.433 e. The summed E-state index contributed by atoms with van der Waals surface area (Å²) in [5.41, 5.74) is -0.197. The normalized spacial score (nSPS) is 22.2. The Labute approximate surface area is 220 Å². The Balaban J connectivity index is 1.52. The number of alkyl halides is 3. The Morgan fingerprint density at radius 3 is 2.50 bits per heavy atom. The van der Waals surface area contributed by atoms with E-state index in [0.29, 0.717) is 49.7 Å². The predicted octanol–water partition coefficient (Wildman–Crippen LogP) is 5.67. The lowest BCUT2D eigenvalue weighted by molar-refractivity contribution is -0.141. The van der Waals surface area contributed by atoms with Gasteiger partial charge < -0.3 is 20.3 Å². The van der Waals surface area contributed by atoms with Gasteiger partial charge in [-0.15, -0.1) is 0 Å². The Morgan fingerprint density at radius 2 is 1.86 bits per heavy atom. The number of thiocarbonyl (C=S) groups is 1. The summed E-state index contributed by atoms with van der Waals surface area (Å²) in [6, 6.07) is 8.71. The number of nitrogens with zero attached hydrogens (tertiary/aromatic N) is 3. The van der Waals surface area contributed by atoms with Gasteiger partial charge in [-0.05, 0) is 61.0 Å². The number of halogens is 4. The van der Waals surface area contributed by atoms with Gasteiger partial charge in [0.05, 0.1) is 0 Å². The van der Waals surface area contributed by atoms with Crippen LogP contribution in [0.3, 0.4) is 0 Å². The Bertz CT molecular complexity index is 1070. The van der Waals surface area contributed by atoms with Gasteiger partial charge >= 0.3 is 6.18 Å². The molecule has 2 fully saturated rings. The molecule has 11 heteroatoms. The number of hydrogen-bond acceptors (Lipinski definition) is 5. The molecule has 0 radical (unpaired) electrons. The summed E-state index contributed by atoms with van der Waals surface area (Å²) in [7, 11) is 0. The van der Waals surface area contributed by atoms with E-state index >= 15 is 0 Å². The molecule has 196 valence electrons. The van der Waals surface area contributed by atoms with Gasteiger partial charge in [0.2, 0.25) is 5.95 Å². The molecule has 3 heterocycles. The highest BCUT2D eigenvalue weighted by Gasteiger charge is 2.36. The van der Waals surface area contributed by atoms with E-state index in [4.69, 9.17) is 28.6 Å². The lowest BCUT2D eigenvalue weighted by atomic mass is 9.74. The molecule has 0 saturated carbocycles. The second kappa shape index (κ2) is 11.1. The summed E-state index contributed by atoms with van der Waals surface area (Å²) in [6.45, 7) is 7.14. The molecule has 0 amide bonds. The maximum atomic E-state index is 13.7. The molecule has 4 rings (SSSR count). The third kappa shape index (κ3) is 6.58. The molecule has 1 aromatic carbocycles. The number of ether oxygens (including phenoxy) is 1. The zero-order chi connectivity index (χ0) is 25.9. The Morgan fingerprint density at radius 1 is 1.17 bits per heavy atom. The lowest BCUT2D eigenvalue weighted by Gasteiger charge is -2.38. The molecular weight excluding hydrogens is 511 g/mol. The number of piperidine rings is 1. The summed E-state index contributed by atoms with van der Waals surface area (Å²) in [4.78, 5) is 10.0. The van der Waals surface area contributed by atoms with Crippen LogP contribution in [-0.2, 0) is 16.3 Å². The van der Waals surface area contributed by atoms with Crippen LogP contribution in [0.15, 0.2) is 30.3 Å². The molecule has 2 aromatic rings. The molecule has 0 aliphatic carbocycles. The number of aromatic nitrogens is 2. The van der Waals surface area contributed by atoms with Crippen LogP contribution >= 0.6 is 23.8 Å². The van der Waals surface area contributed by atoms with E-state index in [1.807, 2.05) is 29.2 Å². The average molecular weight is 542 g/mol. The number of hydrogen-bond donors (Lipinski definition) is 2. The monoisotopic (exact) mass is 541 g/mol. The van der Waals surface area contributed by atoms with Crippen LogP contribution < -0.4 is 15.5 Å². The molecular formula is C25H31ClF3N5OS. The minimum Gasteiger partial charge on any atom is -0.381 e. The number of benzene rings is 1.